The summed E-state index contributed by atoms with van der Waals surface area (Å²) in [6.07, 6.45) is 0. The summed E-state index contributed by atoms with van der Waals surface area (Å²) in [5.41, 5.74) is 1.59. The maximum atomic E-state index is 12.2. The van der Waals surface area contributed by atoms with Crippen LogP contribution in [0.1, 0.15) is 12.5 Å². The first-order valence-electron chi connectivity index (χ1n) is 10.1. The largest absolute Gasteiger partial charge is 0.457 e. The van der Waals surface area contributed by atoms with Crippen LogP contribution >= 0.6 is 0 Å². The van der Waals surface area contributed by atoms with E-state index in [1.54, 1.807) is 37.3 Å². The van der Waals surface area contributed by atoms with Crippen molar-refractivity contribution in [1.29, 1.82) is 0 Å². The Morgan fingerprint density at radius 3 is 2.15 bits per heavy atom. The second-order valence-corrected chi connectivity index (χ2v) is 8.79. The molecule has 0 fully saturated rings. The number of ether oxygens (including phenoxy) is 1. The van der Waals surface area contributed by atoms with Gasteiger partial charge in [0.15, 0.2) is 0 Å². The summed E-state index contributed by atoms with van der Waals surface area (Å²) in [6.45, 7) is 3.11. The molecular weight excluding hydrogens is 440 g/mol. The second-order valence-electron chi connectivity index (χ2n) is 7.53. The Bertz CT molecular complexity index is 1430. The Hall–Kier alpha value is -3.88. The first kappa shape index (κ1) is 22.3. The normalized spacial score (nSPS) is 11.2. The van der Waals surface area contributed by atoms with Gasteiger partial charge in [-0.3, -0.25) is 9.35 Å². The van der Waals surface area contributed by atoms with Crippen molar-refractivity contribution in [3.63, 3.8) is 0 Å². The number of fused-ring (bicyclic) bond motifs is 1. The molecule has 0 aliphatic carbocycles. The lowest BCUT2D eigenvalue weighted by atomic mass is 10.1. The van der Waals surface area contributed by atoms with E-state index in [4.69, 9.17) is 4.74 Å². The predicted molar refractivity (Wildman–Crippen MR) is 130 cm³/mol. The lowest BCUT2D eigenvalue weighted by Gasteiger charge is -2.23. The number of anilines is 3. The molecule has 4 aromatic carbocycles. The summed E-state index contributed by atoms with van der Waals surface area (Å²) in [7, 11) is -4.62. The molecule has 4 rings (SSSR count). The van der Waals surface area contributed by atoms with Gasteiger partial charge in [-0.25, -0.2) is 4.31 Å². The Morgan fingerprint density at radius 1 is 0.879 bits per heavy atom. The van der Waals surface area contributed by atoms with Crippen LogP contribution in [-0.4, -0.2) is 18.9 Å². The number of hydrogen-bond donors (Lipinski definition) is 2. The van der Waals surface area contributed by atoms with E-state index in [2.05, 4.69) is 5.32 Å². The van der Waals surface area contributed by atoms with Crippen molar-refractivity contribution in [1.82, 2.24) is 0 Å². The molecule has 168 valence electrons. The molecule has 33 heavy (non-hydrogen) atoms. The molecule has 1 amide bonds. The van der Waals surface area contributed by atoms with Crippen LogP contribution in [-0.2, 0) is 15.1 Å². The summed E-state index contributed by atoms with van der Waals surface area (Å²) in [5, 5.41) is 4.76. The summed E-state index contributed by atoms with van der Waals surface area (Å²) in [4.78, 5) is 11.2. The molecule has 0 aliphatic rings. The van der Waals surface area contributed by atoms with Crippen LogP contribution in [0.25, 0.3) is 10.8 Å². The smallest absolute Gasteiger partial charge is 0.364 e. The van der Waals surface area contributed by atoms with Crippen LogP contribution in [0, 0.1) is 6.92 Å². The van der Waals surface area contributed by atoms with E-state index in [0.29, 0.717) is 22.7 Å². The average Bonchev–Trinajstić information content (AvgIpc) is 2.75. The summed E-state index contributed by atoms with van der Waals surface area (Å²) in [6, 6.07) is 24.7. The fourth-order valence-corrected chi connectivity index (χ4v) is 4.41. The topological polar surface area (TPSA) is 95.9 Å². The van der Waals surface area contributed by atoms with Gasteiger partial charge in [0.2, 0.25) is 5.91 Å². The van der Waals surface area contributed by atoms with Gasteiger partial charge in [0.05, 0.1) is 11.4 Å². The van der Waals surface area contributed by atoms with Crippen molar-refractivity contribution in [2.24, 2.45) is 0 Å². The lowest BCUT2D eigenvalue weighted by molar-refractivity contribution is -0.114. The zero-order valence-electron chi connectivity index (χ0n) is 18.0. The van der Waals surface area contributed by atoms with Gasteiger partial charge in [0.1, 0.15) is 11.5 Å². The molecule has 0 saturated heterocycles. The van der Waals surface area contributed by atoms with Crippen molar-refractivity contribution >= 4 is 44.0 Å². The molecule has 0 atom stereocenters. The van der Waals surface area contributed by atoms with Crippen LogP contribution in [0.4, 0.5) is 17.1 Å². The van der Waals surface area contributed by atoms with E-state index in [9.17, 15) is 17.8 Å². The third-order valence-corrected chi connectivity index (χ3v) is 5.87. The van der Waals surface area contributed by atoms with Gasteiger partial charge in [0, 0.05) is 12.6 Å². The fraction of sp³-hybridized carbons (Fsp3) is 0.0800. The Labute approximate surface area is 192 Å². The number of hydrogen-bond acceptors (Lipinski definition) is 4. The minimum atomic E-state index is -4.62. The highest BCUT2D eigenvalue weighted by molar-refractivity contribution is 7.87. The lowest BCUT2D eigenvalue weighted by Crippen LogP contribution is -2.25. The molecule has 0 saturated carbocycles. The maximum absolute atomic E-state index is 12.2. The van der Waals surface area contributed by atoms with Gasteiger partial charge in [-0.05, 0) is 77.9 Å². The Balaban J connectivity index is 1.64. The Morgan fingerprint density at radius 2 is 1.52 bits per heavy atom. The van der Waals surface area contributed by atoms with Gasteiger partial charge in [-0.15, -0.1) is 0 Å². The molecule has 2 N–H and O–H groups in total. The number of carbonyl (C=O) groups excluding carboxylic acids is 1. The minimum absolute atomic E-state index is 0.220. The quantitative estimate of drug-likeness (QED) is 0.351. The number of carbonyl (C=O) groups is 1. The zero-order chi connectivity index (χ0) is 23.6. The molecular formula is C25H22N2O5S. The van der Waals surface area contributed by atoms with Crippen molar-refractivity contribution in [3.8, 4) is 11.5 Å². The van der Waals surface area contributed by atoms with E-state index in [0.717, 1.165) is 15.1 Å². The van der Waals surface area contributed by atoms with E-state index < -0.39 is 10.3 Å². The third-order valence-electron chi connectivity index (χ3n) is 5.00. The van der Waals surface area contributed by atoms with E-state index in [-0.39, 0.29) is 17.3 Å². The van der Waals surface area contributed by atoms with Crippen molar-refractivity contribution in [2.45, 2.75) is 13.8 Å². The minimum Gasteiger partial charge on any atom is -0.457 e. The van der Waals surface area contributed by atoms with Crippen molar-refractivity contribution < 1.29 is 22.5 Å². The molecule has 7 nitrogen and oxygen atoms in total. The first-order chi connectivity index (χ1) is 15.7. The van der Waals surface area contributed by atoms with Crippen molar-refractivity contribution in [2.75, 3.05) is 9.62 Å². The SMILES string of the molecule is CC(=O)Nc1ccc(N(c2ccc(Oc3ccc4ccccc4c3)cc2C)S(=O)(=O)O)cc1. The highest BCUT2D eigenvalue weighted by Gasteiger charge is 2.24. The first-order valence-corrected chi connectivity index (χ1v) is 11.5. The van der Waals surface area contributed by atoms with Crippen LogP contribution in [0.2, 0.25) is 0 Å². The maximum Gasteiger partial charge on any atom is 0.364 e. The molecule has 0 spiro atoms. The van der Waals surface area contributed by atoms with Gasteiger partial charge in [-0.1, -0.05) is 30.3 Å². The highest BCUT2D eigenvalue weighted by Crippen LogP contribution is 2.35. The molecule has 0 unspecified atom stereocenters. The van der Waals surface area contributed by atoms with Gasteiger partial charge < -0.3 is 10.1 Å². The third kappa shape index (κ3) is 5.14. The number of rotatable bonds is 6. The van der Waals surface area contributed by atoms with Gasteiger partial charge >= 0.3 is 10.3 Å². The molecule has 0 aromatic heterocycles. The number of benzene rings is 4. The number of nitrogens with one attached hydrogen (secondary N) is 1. The summed E-state index contributed by atoms with van der Waals surface area (Å²) >= 11 is 0. The molecule has 0 bridgehead atoms. The monoisotopic (exact) mass is 462 g/mol. The predicted octanol–water partition coefficient (Wildman–Crippen LogP) is 5.84. The molecule has 0 heterocycles. The van der Waals surface area contributed by atoms with Gasteiger partial charge in [0.25, 0.3) is 0 Å². The summed E-state index contributed by atoms with van der Waals surface area (Å²) < 4.78 is 41.2. The highest BCUT2D eigenvalue weighted by atomic mass is 32.2. The standard InChI is InChI=1S/C25H22N2O5S/c1-17-15-23(32-24-12-7-19-5-3-4-6-20(19)16-24)13-14-25(17)27(33(29,30)31)22-10-8-21(9-11-22)26-18(2)28/h3-16H,1-2H3,(H,26,28)(H,29,30,31). The number of amides is 1. The second kappa shape index (κ2) is 8.93. The van der Waals surface area contributed by atoms with E-state index in [1.807, 2.05) is 42.5 Å². The van der Waals surface area contributed by atoms with E-state index in [1.165, 1.54) is 19.1 Å². The van der Waals surface area contributed by atoms with Crippen LogP contribution < -0.4 is 14.4 Å². The van der Waals surface area contributed by atoms with Gasteiger partial charge in [-0.2, -0.15) is 8.42 Å². The Kier molecular flexibility index (Phi) is 6.04. The summed E-state index contributed by atoms with van der Waals surface area (Å²) in [5.74, 6) is 0.941. The molecule has 0 aliphatic heterocycles. The molecule has 8 heteroatoms. The molecule has 0 radical (unpaired) electrons. The van der Waals surface area contributed by atoms with Crippen LogP contribution in [0.5, 0.6) is 11.5 Å². The van der Waals surface area contributed by atoms with Crippen molar-refractivity contribution in [3.05, 3.63) is 90.5 Å². The molecule has 4 aromatic rings. The number of aryl methyl sites for hydroxylation is 1. The zero-order valence-corrected chi connectivity index (χ0v) is 18.8. The fourth-order valence-electron chi connectivity index (χ4n) is 3.57. The van der Waals surface area contributed by atoms with Crippen LogP contribution in [0.3, 0.4) is 0 Å². The van der Waals surface area contributed by atoms with E-state index >= 15 is 0 Å². The number of nitrogens with zero attached hydrogens (tertiary/aromatic N) is 1. The average molecular weight is 463 g/mol. The van der Waals surface area contributed by atoms with Crippen LogP contribution in [0.15, 0.2) is 84.9 Å².